The molecule has 2 aromatic rings. The number of hydrogen-bond donors (Lipinski definition) is 2. The van der Waals surface area contributed by atoms with Crippen LogP contribution < -0.4 is 5.32 Å². The molecule has 1 aromatic heterocycles. The van der Waals surface area contributed by atoms with Crippen molar-refractivity contribution in [2.45, 2.75) is 19.8 Å². The van der Waals surface area contributed by atoms with E-state index in [1.165, 1.54) is 0 Å². The first-order valence-electron chi connectivity index (χ1n) is 6.43. The fraction of sp³-hybridized carbons (Fsp3) is 0.267. The minimum absolute atomic E-state index is 0.268. The van der Waals surface area contributed by atoms with E-state index in [4.69, 9.17) is 0 Å². The van der Waals surface area contributed by atoms with Gasteiger partial charge in [0, 0.05) is 0 Å². The number of hydrogen-bond acceptors (Lipinski definition) is 3. The van der Waals surface area contributed by atoms with Gasteiger partial charge in [-0.05, 0) is 19.4 Å². The van der Waals surface area contributed by atoms with Crippen molar-refractivity contribution in [1.82, 2.24) is 10.2 Å². The molecular formula is C15H14N4O. The van der Waals surface area contributed by atoms with Gasteiger partial charge in [0.15, 0.2) is 0 Å². The average molecular weight is 266 g/mol. The Morgan fingerprint density at radius 2 is 1.95 bits per heavy atom. The van der Waals surface area contributed by atoms with Crippen molar-refractivity contribution < 1.29 is 4.79 Å². The fourth-order valence-electron chi connectivity index (χ4n) is 2.60. The van der Waals surface area contributed by atoms with E-state index < -0.39 is 5.92 Å². The van der Waals surface area contributed by atoms with Gasteiger partial charge in [0.2, 0.25) is 5.91 Å². The lowest BCUT2D eigenvalue weighted by molar-refractivity contribution is -0.119. The Hall–Kier alpha value is -2.61. The standard InChI is InChI=1S/C15H14N4O/c1-8-3-5-10(6-4-8)12-11(7-16)15(20)17-13-9(2)18-19-14(12)13/h3-6,11-12H,1-2H3,(H,17,20)(H,18,19)/t11-,12+/m0/s1. The number of anilines is 1. The number of nitriles is 1. The second kappa shape index (κ2) is 4.49. The highest BCUT2D eigenvalue weighted by Crippen LogP contribution is 2.40. The summed E-state index contributed by atoms with van der Waals surface area (Å²) in [6.45, 7) is 3.86. The number of nitrogens with zero attached hydrogens (tertiary/aromatic N) is 2. The Labute approximate surface area is 116 Å². The highest BCUT2D eigenvalue weighted by atomic mass is 16.2. The first-order valence-corrected chi connectivity index (χ1v) is 6.43. The third-order valence-electron chi connectivity index (χ3n) is 3.71. The topological polar surface area (TPSA) is 81.6 Å². The lowest BCUT2D eigenvalue weighted by atomic mass is 9.80. The lowest BCUT2D eigenvalue weighted by Crippen LogP contribution is -2.33. The van der Waals surface area contributed by atoms with E-state index in [9.17, 15) is 10.1 Å². The highest BCUT2D eigenvalue weighted by molar-refractivity contribution is 5.99. The number of carbonyl (C=O) groups excluding carboxylic acids is 1. The average Bonchev–Trinajstić information content (AvgIpc) is 2.80. The molecule has 0 saturated heterocycles. The molecule has 0 bridgehead atoms. The molecule has 2 heterocycles. The van der Waals surface area contributed by atoms with E-state index in [1.807, 2.05) is 38.1 Å². The van der Waals surface area contributed by atoms with Gasteiger partial charge in [0.05, 0.1) is 29.1 Å². The number of aryl methyl sites for hydroxylation is 2. The zero-order valence-corrected chi connectivity index (χ0v) is 11.3. The molecule has 1 amide bonds. The third-order valence-corrected chi connectivity index (χ3v) is 3.71. The molecule has 2 N–H and O–H groups in total. The van der Waals surface area contributed by atoms with Crippen LogP contribution in [-0.4, -0.2) is 16.1 Å². The van der Waals surface area contributed by atoms with E-state index in [1.54, 1.807) is 0 Å². The molecule has 0 fully saturated rings. The van der Waals surface area contributed by atoms with E-state index in [-0.39, 0.29) is 11.8 Å². The second-order valence-electron chi connectivity index (χ2n) is 5.09. The van der Waals surface area contributed by atoms with E-state index in [2.05, 4.69) is 21.6 Å². The second-order valence-corrected chi connectivity index (χ2v) is 5.09. The Bertz CT molecular complexity index is 708. The zero-order chi connectivity index (χ0) is 14.3. The molecule has 20 heavy (non-hydrogen) atoms. The summed E-state index contributed by atoms with van der Waals surface area (Å²) in [6.07, 6.45) is 0. The van der Waals surface area contributed by atoms with Crippen molar-refractivity contribution in [2.75, 3.05) is 5.32 Å². The number of carbonyl (C=O) groups is 1. The van der Waals surface area contributed by atoms with Gasteiger partial charge in [-0.3, -0.25) is 9.89 Å². The molecule has 5 heteroatoms. The van der Waals surface area contributed by atoms with Gasteiger partial charge in [0.1, 0.15) is 5.92 Å². The minimum Gasteiger partial charge on any atom is -0.322 e. The Morgan fingerprint density at radius 3 is 2.60 bits per heavy atom. The maximum absolute atomic E-state index is 12.1. The van der Waals surface area contributed by atoms with Crippen molar-refractivity contribution in [3.8, 4) is 6.07 Å². The number of aromatic amines is 1. The molecule has 0 unspecified atom stereocenters. The first kappa shape index (κ1) is 12.4. The Morgan fingerprint density at radius 1 is 1.25 bits per heavy atom. The van der Waals surface area contributed by atoms with Crippen LogP contribution in [0.3, 0.4) is 0 Å². The van der Waals surface area contributed by atoms with E-state index >= 15 is 0 Å². The summed E-state index contributed by atoms with van der Waals surface area (Å²) in [6, 6.07) is 9.97. The van der Waals surface area contributed by atoms with Gasteiger partial charge in [-0.2, -0.15) is 10.4 Å². The van der Waals surface area contributed by atoms with Crippen molar-refractivity contribution in [2.24, 2.45) is 5.92 Å². The summed E-state index contributed by atoms with van der Waals surface area (Å²) in [5.41, 5.74) is 4.32. The summed E-state index contributed by atoms with van der Waals surface area (Å²) < 4.78 is 0. The fourth-order valence-corrected chi connectivity index (χ4v) is 2.60. The summed E-state index contributed by atoms with van der Waals surface area (Å²) in [5, 5.41) is 19.3. The molecule has 100 valence electrons. The summed E-state index contributed by atoms with van der Waals surface area (Å²) in [5.74, 6) is -1.35. The van der Waals surface area contributed by atoms with Gasteiger partial charge in [-0.1, -0.05) is 29.8 Å². The van der Waals surface area contributed by atoms with Crippen molar-refractivity contribution in [3.05, 3.63) is 46.8 Å². The molecule has 0 radical (unpaired) electrons. The number of aromatic nitrogens is 2. The van der Waals surface area contributed by atoms with Gasteiger partial charge in [0.25, 0.3) is 0 Å². The van der Waals surface area contributed by atoms with Crippen LogP contribution in [0.1, 0.15) is 28.4 Å². The lowest BCUT2D eigenvalue weighted by Gasteiger charge is -2.26. The van der Waals surface area contributed by atoms with Crippen molar-refractivity contribution >= 4 is 11.6 Å². The van der Waals surface area contributed by atoms with E-state index in [0.29, 0.717) is 5.69 Å². The Kier molecular flexibility index (Phi) is 2.79. The van der Waals surface area contributed by atoms with Crippen LogP contribution >= 0.6 is 0 Å². The highest BCUT2D eigenvalue weighted by Gasteiger charge is 2.39. The molecule has 1 aliphatic heterocycles. The number of nitrogens with one attached hydrogen (secondary N) is 2. The summed E-state index contributed by atoms with van der Waals surface area (Å²) in [7, 11) is 0. The maximum Gasteiger partial charge on any atom is 0.242 e. The molecule has 0 spiro atoms. The smallest absolute Gasteiger partial charge is 0.242 e. The molecular weight excluding hydrogens is 252 g/mol. The normalized spacial score (nSPS) is 20.9. The zero-order valence-electron chi connectivity index (χ0n) is 11.3. The van der Waals surface area contributed by atoms with Crippen LogP contribution in [0.15, 0.2) is 24.3 Å². The van der Waals surface area contributed by atoms with Gasteiger partial charge in [-0.15, -0.1) is 0 Å². The molecule has 1 aromatic carbocycles. The van der Waals surface area contributed by atoms with Crippen LogP contribution in [-0.2, 0) is 4.79 Å². The number of benzene rings is 1. The van der Waals surface area contributed by atoms with Gasteiger partial charge < -0.3 is 5.32 Å². The largest absolute Gasteiger partial charge is 0.322 e. The monoisotopic (exact) mass is 266 g/mol. The third kappa shape index (κ3) is 1.77. The molecule has 0 saturated carbocycles. The molecule has 2 atom stereocenters. The van der Waals surface area contributed by atoms with Crippen LogP contribution in [0.4, 0.5) is 5.69 Å². The van der Waals surface area contributed by atoms with Crippen molar-refractivity contribution in [1.29, 1.82) is 5.26 Å². The molecule has 1 aliphatic rings. The minimum atomic E-state index is -0.757. The van der Waals surface area contributed by atoms with Crippen molar-refractivity contribution in [3.63, 3.8) is 0 Å². The number of fused-ring (bicyclic) bond motifs is 1. The summed E-state index contributed by atoms with van der Waals surface area (Å²) >= 11 is 0. The van der Waals surface area contributed by atoms with Gasteiger partial charge >= 0.3 is 0 Å². The molecule has 0 aliphatic carbocycles. The predicted octanol–water partition coefficient (Wildman–Crippen LogP) is 2.25. The van der Waals surface area contributed by atoms with Crippen LogP contribution in [0.25, 0.3) is 0 Å². The van der Waals surface area contributed by atoms with Crippen LogP contribution in [0, 0.1) is 31.1 Å². The van der Waals surface area contributed by atoms with Gasteiger partial charge in [-0.25, -0.2) is 0 Å². The van der Waals surface area contributed by atoms with Crippen LogP contribution in [0.2, 0.25) is 0 Å². The molecule has 3 rings (SSSR count). The van der Waals surface area contributed by atoms with E-state index in [0.717, 1.165) is 22.5 Å². The number of amides is 1. The maximum atomic E-state index is 12.1. The Balaban J connectivity index is 2.17. The molecule has 5 nitrogen and oxygen atoms in total. The number of rotatable bonds is 1. The predicted molar refractivity (Wildman–Crippen MR) is 74.1 cm³/mol. The number of H-pyrrole nitrogens is 1. The quantitative estimate of drug-likeness (QED) is 0.830. The summed E-state index contributed by atoms with van der Waals surface area (Å²) in [4.78, 5) is 12.1. The van der Waals surface area contributed by atoms with Crippen LogP contribution in [0.5, 0.6) is 0 Å². The first-order chi connectivity index (χ1) is 9.61. The SMILES string of the molecule is Cc1ccc([C@H]2c3n[nH]c(C)c3NC(=O)[C@H]2C#N)cc1.